The molecule has 0 bridgehead atoms. The van der Waals surface area contributed by atoms with E-state index in [4.69, 9.17) is 5.11 Å². The van der Waals surface area contributed by atoms with E-state index in [0.717, 1.165) is 19.3 Å². The number of nitrogens with one attached hydrogen (secondary N) is 1. The number of nitrogens with zero attached hydrogens (tertiary/aromatic N) is 4. The molecular formula is C18H16FN5O2S. The number of aromatic carboxylic acids is 1. The molecule has 138 valence electrons. The van der Waals surface area contributed by atoms with Gasteiger partial charge in [0.15, 0.2) is 5.69 Å². The van der Waals surface area contributed by atoms with Crippen molar-refractivity contribution in [2.24, 2.45) is 0 Å². The Morgan fingerprint density at radius 3 is 2.74 bits per heavy atom. The number of anilines is 1. The van der Waals surface area contributed by atoms with E-state index in [1.165, 1.54) is 22.8 Å². The highest BCUT2D eigenvalue weighted by atomic mass is 32.1. The SMILES string of the molecule is O=C(O)c1csc(-c2ccc(NCC3(c4ncccc4F)CCC3)nn2)n1. The van der Waals surface area contributed by atoms with Crippen LogP contribution in [0.1, 0.15) is 35.4 Å². The summed E-state index contributed by atoms with van der Waals surface area (Å²) in [7, 11) is 0. The minimum atomic E-state index is -1.07. The molecule has 1 fully saturated rings. The van der Waals surface area contributed by atoms with Gasteiger partial charge in [-0.3, -0.25) is 4.98 Å². The number of carboxylic acids is 1. The van der Waals surface area contributed by atoms with Gasteiger partial charge in [-0.25, -0.2) is 14.2 Å². The number of hydrogen-bond donors (Lipinski definition) is 2. The van der Waals surface area contributed by atoms with Crippen LogP contribution < -0.4 is 5.32 Å². The molecule has 1 aliphatic rings. The van der Waals surface area contributed by atoms with Gasteiger partial charge >= 0.3 is 5.97 Å². The summed E-state index contributed by atoms with van der Waals surface area (Å²) in [5.41, 5.74) is 0.671. The standard InChI is InChI=1S/C18H16FN5O2S/c19-11-3-1-8-20-15(11)18(6-2-7-18)10-21-14-5-4-12(23-24-14)16-22-13(9-27-16)17(25)26/h1,3-5,8-9H,2,6-7,10H2,(H,21,24)(H,25,26). The van der Waals surface area contributed by atoms with Crippen LogP contribution in [0.3, 0.4) is 0 Å². The lowest BCUT2D eigenvalue weighted by molar-refractivity contribution is 0.0691. The average Bonchev–Trinajstić information content (AvgIpc) is 3.13. The third-order valence-electron chi connectivity index (χ3n) is 4.79. The van der Waals surface area contributed by atoms with Gasteiger partial charge in [0.2, 0.25) is 0 Å². The van der Waals surface area contributed by atoms with E-state index < -0.39 is 5.97 Å². The molecule has 0 aliphatic heterocycles. The molecule has 9 heteroatoms. The Labute approximate surface area is 158 Å². The van der Waals surface area contributed by atoms with Crippen molar-refractivity contribution in [2.75, 3.05) is 11.9 Å². The molecule has 7 nitrogen and oxygen atoms in total. The summed E-state index contributed by atoms with van der Waals surface area (Å²) in [6.07, 6.45) is 4.40. The fraction of sp³-hybridized carbons (Fsp3) is 0.278. The van der Waals surface area contributed by atoms with Gasteiger partial charge in [0.05, 0.1) is 5.69 Å². The van der Waals surface area contributed by atoms with Crippen LogP contribution in [0.5, 0.6) is 0 Å². The van der Waals surface area contributed by atoms with E-state index in [9.17, 15) is 9.18 Å². The molecule has 0 saturated heterocycles. The molecule has 27 heavy (non-hydrogen) atoms. The molecule has 1 aliphatic carbocycles. The van der Waals surface area contributed by atoms with Crippen LogP contribution in [0.2, 0.25) is 0 Å². The second-order valence-corrected chi connectivity index (χ2v) is 7.33. The second kappa shape index (κ2) is 6.99. The molecular weight excluding hydrogens is 369 g/mol. The predicted octanol–water partition coefficient (Wildman–Crippen LogP) is 3.37. The lowest BCUT2D eigenvalue weighted by Gasteiger charge is -2.41. The first-order valence-electron chi connectivity index (χ1n) is 8.45. The molecule has 0 spiro atoms. The molecule has 0 unspecified atom stereocenters. The maximum Gasteiger partial charge on any atom is 0.355 e. The van der Waals surface area contributed by atoms with Gasteiger partial charge in [-0.2, -0.15) is 0 Å². The van der Waals surface area contributed by atoms with Gasteiger partial charge in [0.25, 0.3) is 0 Å². The lowest BCUT2D eigenvalue weighted by atomic mass is 9.66. The van der Waals surface area contributed by atoms with E-state index in [0.29, 0.717) is 28.8 Å². The maximum atomic E-state index is 14.2. The highest BCUT2D eigenvalue weighted by molar-refractivity contribution is 7.13. The lowest BCUT2D eigenvalue weighted by Crippen LogP contribution is -2.42. The number of thiazole rings is 1. The molecule has 0 atom stereocenters. The smallest absolute Gasteiger partial charge is 0.355 e. The monoisotopic (exact) mass is 385 g/mol. The van der Waals surface area contributed by atoms with Gasteiger partial charge in [-0.05, 0) is 37.1 Å². The number of halogens is 1. The predicted molar refractivity (Wildman–Crippen MR) is 98.3 cm³/mol. The Bertz CT molecular complexity index is 972. The summed E-state index contributed by atoms with van der Waals surface area (Å²) in [6.45, 7) is 0.523. The van der Waals surface area contributed by atoms with Crippen LogP contribution in [0.4, 0.5) is 10.2 Å². The molecule has 0 aromatic carbocycles. The van der Waals surface area contributed by atoms with Crippen molar-refractivity contribution >= 4 is 23.1 Å². The van der Waals surface area contributed by atoms with Crippen molar-refractivity contribution in [3.05, 3.63) is 53.0 Å². The molecule has 0 radical (unpaired) electrons. The maximum absolute atomic E-state index is 14.2. The largest absolute Gasteiger partial charge is 0.476 e. The van der Waals surface area contributed by atoms with Crippen LogP contribution in [0.15, 0.2) is 35.8 Å². The zero-order valence-corrected chi connectivity index (χ0v) is 15.0. The third kappa shape index (κ3) is 3.37. The van der Waals surface area contributed by atoms with Crippen LogP contribution in [0.25, 0.3) is 10.7 Å². The van der Waals surface area contributed by atoms with Crippen LogP contribution in [-0.4, -0.2) is 37.8 Å². The summed E-state index contributed by atoms with van der Waals surface area (Å²) >= 11 is 1.20. The van der Waals surface area contributed by atoms with Crippen LogP contribution in [-0.2, 0) is 5.41 Å². The molecule has 2 N–H and O–H groups in total. The fourth-order valence-electron chi connectivity index (χ4n) is 3.17. The highest BCUT2D eigenvalue weighted by Crippen LogP contribution is 2.43. The third-order valence-corrected chi connectivity index (χ3v) is 5.65. The molecule has 3 aromatic heterocycles. The number of hydrogen-bond acceptors (Lipinski definition) is 7. The van der Waals surface area contributed by atoms with E-state index in [1.807, 2.05) is 0 Å². The highest BCUT2D eigenvalue weighted by Gasteiger charge is 2.41. The first kappa shape index (κ1) is 17.5. The average molecular weight is 385 g/mol. The Hall–Kier alpha value is -2.94. The molecule has 4 rings (SSSR count). The minimum Gasteiger partial charge on any atom is -0.476 e. The second-order valence-electron chi connectivity index (χ2n) is 6.47. The quantitative estimate of drug-likeness (QED) is 0.671. The summed E-state index contributed by atoms with van der Waals surface area (Å²) < 4.78 is 14.2. The minimum absolute atomic E-state index is 0.0108. The Balaban J connectivity index is 1.47. The topological polar surface area (TPSA) is 101 Å². The Kier molecular flexibility index (Phi) is 4.53. The number of carboxylic acid groups (broad SMARTS) is 1. The van der Waals surface area contributed by atoms with Crippen LogP contribution in [0, 0.1) is 5.82 Å². The normalized spacial score (nSPS) is 15.1. The first-order chi connectivity index (χ1) is 13.1. The molecule has 3 aromatic rings. The number of rotatable bonds is 6. The van der Waals surface area contributed by atoms with Crippen molar-refractivity contribution in [1.82, 2.24) is 20.2 Å². The number of pyridine rings is 1. The van der Waals surface area contributed by atoms with Crippen molar-refractivity contribution < 1.29 is 14.3 Å². The van der Waals surface area contributed by atoms with Crippen LogP contribution >= 0.6 is 11.3 Å². The van der Waals surface area contributed by atoms with Crippen molar-refractivity contribution in [3.63, 3.8) is 0 Å². The fourth-order valence-corrected chi connectivity index (χ4v) is 3.92. The van der Waals surface area contributed by atoms with Gasteiger partial charge in [-0.1, -0.05) is 6.42 Å². The summed E-state index contributed by atoms with van der Waals surface area (Å²) in [5.74, 6) is -0.786. The molecule has 1 saturated carbocycles. The van der Waals surface area contributed by atoms with Crippen molar-refractivity contribution in [2.45, 2.75) is 24.7 Å². The first-order valence-corrected chi connectivity index (χ1v) is 9.33. The Morgan fingerprint density at radius 1 is 1.30 bits per heavy atom. The van der Waals surface area contributed by atoms with E-state index in [2.05, 4.69) is 25.5 Å². The zero-order valence-electron chi connectivity index (χ0n) is 14.2. The van der Waals surface area contributed by atoms with Gasteiger partial charge in [0.1, 0.15) is 22.3 Å². The van der Waals surface area contributed by atoms with Gasteiger partial charge in [0, 0.05) is 23.5 Å². The summed E-state index contributed by atoms with van der Waals surface area (Å²) in [4.78, 5) is 19.2. The van der Waals surface area contributed by atoms with Gasteiger partial charge < -0.3 is 10.4 Å². The zero-order chi connectivity index (χ0) is 18.9. The Morgan fingerprint density at radius 2 is 2.15 bits per heavy atom. The van der Waals surface area contributed by atoms with Crippen molar-refractivity contribution in [3.8, 4) is 10.7 Å². The van der Waals surface area contributed by atoms with E-state index >= 15 is 0 Å². The van der Waals surface area contributed by atoms with E-state index in [-0.39, 0.29) is 16.9 Å². The molecule has 0 amide bonds. The molecule has 3 heterocycles. The van der Waals surface area contributed by atoms with Gasteiger partial charge in [-0.15, -0.1) is 21.5 Å². The van der Waals surface area contributed by atoms with E-state index in [1.54, 1.807) is 24.4 Å². The summed E-state index contributed by atoms with van der Waals surface area (Å²) in [6, 6.07) is 6.52. The number of aromatic nitrogens is 4. The van der Waals surface area contributed by atoms with Crippen molar-refractivity contribution in [1.29, 1.82) is 0 Å². The summed E-state index contributed by atoms with van der Waals surface area (Å²) in [5, 5.41) is 22.4. The number of carbonyl (C=O) groups is 1.